The average Bonchev–Trinajstić information content (AvgIpc) is 3.10. The van der Waals surface area contributed by atoms with Gasteiger partial charge in [0, 0.05) is 25.4 Å². The Morgan fingerprint density at radius 1 is 1.48 bits per heavy atom. The summed E-state index contributed by atoms with van der Waals surface area (Å²) in [7, 11) is 0. The van der Waals surface area contributed by atoms with Crippen molar-refractivity contribution in [3.63, 3.8) is 0 Å². The molecule has 2 unspecified atom stereocenters. The number of aliphatic hydroxyl groups is 1. The zero-order valence-electron chi connectivity index (χ0n) is 12.8. The molecule has 2 aliphatic heterocycles. The summed E-state index contributed by atoms with van der Waals surface area (Å²) in [5.41, 5.74) is 4.04. The lowest BCUT2D eigenvalue weighted by Gasteiger charge is -2.23. The monoisotopic (exact) mass is 291 g/mol. The van der Waals surface area contributed by atoms with Gasteiger partial charge in [-0.25, -0.2) is 0 Å². The first-order valence-corrected chi connectivity index (χ1v) is 7.95. The third kappa shape index (κ3) is 3.57. The lowest BCUT2D eigenvalue weighted by molar-refractivity contribution is -0.0149. The van der Waals surface area contributed by atoms with Gasteiger partial charge in [0.05, 0.1) is 25.4 Å². The summed E-state index contributed by atoms with van der Waals surface area (Å²) in [6.45, 7) is 5.62. The van der Waals surface area contributed by atoms with Crippen molar-refractivity contribution in [3.8, 4) is 0 Å². The number of hydrogen-bond acceptors (Lipinski definition) is 4. The molecule has 1 saturated heterocycles. The number of anilines is 1. The summed E-state index contributed by atoms with van der Waals surface area (Å²) >= 11 is 0. The predicted molar refractivity (Wildman–Crippen MR) is 82.9 cm³/mol. The molecule has 1 aromatic rings. The van der Waals surface area contributed by atoms with Crippen molar-refractivity contribution in [2.45, 2.75) is 38.4 Å². The number of aryl methyl sites for hydroxylation is 1. The molecule has 0 amide bonds. The van der Waals surface area contributed by atoms with Crippen LogP contribution in [0.1, 0.15) is 24.0 Å². The van der Waals surface area contributed by atoms with Gasteiger partial charge in [0.25, 0.3) is 0 Å². The van der Waals surface area contributed by atoms with Gasteiger partial charge in [-0.15, -0.1) is 0 Å². The lowest BCUT2D eigenvalue weighted by Crippen LogP contribution is -2.34. The van der Waals surface area contributed by atoms with Gasteiger partial charge in [0.1, 0.15) is 0 Å². The van der Waals surface area contributed by atoms with Gasteiger partial charge in [-0.3, -0.25) is 0 Å². The maximum Gasteiger partial charge on any atom is 0.0948 e. The number of rotatable bonds is 6. The first kappa shape index (κ1) is 14.8. The van der Waals surface area contributed by atoms with Crippen LogP contribution in [0.3, 0.4) is 0 Å². The van der Waals surface area contributed by atoms with Gasteiger partial charge in [-0.1, -0.05) is 12.1 Å². The Balaban J connectivity index is 1.45. The Hall–Kier alpha value is -1.10. The molecular weight excluding hydrogens is 266 g/mol. The highest BCUT2D eigenvalue weighted by Crippen LogP contribution is 2.30. The van der Waals surface area contributed by atoms with E-state index in [1.54, 1.807) is 0 Å². The fourth-order valence-electron chi connectivity index (χ4n) is 3.28. The van der Waals surface area contributed by atoms with Crippen molar-refractivity contribution in [2.24, 2.45) is 0 Å². The summed E-state index contributed by atoms with van der Waals surface area (Å²) in [4.78, 5) is 2.27. The second-order valence-electron chi connectivity index (χ2n) is 6.09. The van der Waals surface area contributed by atoms with Crippen molar-refractivity contribution < 1.29 is 14.6 Å². The molecule has 1 fully saturated rings. The summed E-state index contributed by atoms with van der Waals surface area (Å²) in [5, 5.41) is 10.2. The van der Waals surface area contributed by atoms with Crippen LogP contribution < -0.4 is 4.90 Å². The van der Waals surface area contributed by atoms with Crippen LogP contribution in [0.25, 0.3) is 0 Å². The Bertz CT molecular complexity index is 471. The minimum Gasteiger partial charge on any atom is -0.389 e. The van der Waals surface area contributed by atoms with E-state index in [1.807, 2.05) is 0 Å². The maximum absolute atomic E-state index is 10.2. The molecule has 0 saturated carbocycles. The van der Waals surface area contributed by atoms with Crippen molar-refractivity contribution >= 4 is 5.69 Å². The smallest absolute Gasteiger partial charge is 0.0948 e. The van der Waals surface area contributed by atoms with E-state index in [-0.39, 0.29) is 6.10 Å². The molecule has 2 heterocycles. The standard InChI is InChI=1S/C17H25NO3/c1-13-4-2-6-17-16(13)7-8-18(17)10-14(19)11-20-12-15-5-3-9-21-15/h2,4,6,14-15,19H,3,5,7-12H2,1H3. The molecule has 0 radical (unpaired) electrons. The third-order valence-electron chi connectivity index (χ3n) is 4.43. The molecule has 4 nitrogen and oxygen atoms in total. The van der Waals surface area contributed by atoms with E-state index in [9.17, 15) is 5.11 Å². The fraction of sp³-hybridized carbons (Fsp3) is 0.647. The van der Waals surface area contributed by atoms with Crippen LogP contribution in [0.2, 0.25) is 0 Å². The van der Waals surface area contributed by atoms with E-state index in [1.165, 1.54) is 16.8 Å². The van der Waals surface area contributed by atoms with Crippen molar-refractivity contribution in [1.82, 2.24) is 0 Å². The SMILES string of the molecule is Cc1cccc2c1CCN2CC(O)COCC1CCCO1. The van der Waals surface area contributed by atoms with Gasteiger partial charge < -0.3 is 19.5 Å². The van der Waals surface area contributed by atoms with Crippen LogP contribution in [0.15, 0.2) is 18.2 Å². The Kier molecular flexibility index (Phi) is 4.78. The quantitative estimate of drug-likeness (QED) is 0.869. The first-order valence-electron chi connectivity index (χ1n) is 7.95. The zero-order chi connectivity index (χ0) is 14.7. The maximum atomic E-state index is 10.2. The number of nitrogens with zero attached hydrogens (tertiary/aromatic N) is 1. The molecule has 4 heteroatoms. The molecule has 116 valence electrons. The number of ether oxygens (including phenoxy) is 2. The predicted octanol–water partition coefficient (Wildman–Crippen LogP) is 1.91. The summed E-state index contributed by atoms with van der Waals surface area (Å²) in [6, 6.07) is 6.39. The van der Waals surface area contributed by atoms with Gasteiger partial charge in [0.2, 0.25) is 0 Å². The second kappa shape index (κ2) is 6.77. The van der Waals surface area contributed by atoms with Crippen LogP contribution in [0.4, 0.5) is 5.69 Å². The molecule has 1 aromatic carbocycles. The van der Waals surface area contributed by atoms with Gasteiger partial charge in [-0.05, 0) is 43.4 Å². The van der Waals surface area contributed by atoms with E-state index in [0.717, 1.165) is 32.4 Å². The lowest BCUT2D eigenvalue weighted by atomic mass is 10.1. The van der Waals surface area contributed by atoms with Crippen LogP contribution in [-0.2, 0) is 15.9 Å². The summed E-state index contributed by atoms with van der Waals surface area (Å²) < 4.78 is 11.1. The van der Waals surface area contributed by atoms with Crippen LogP contribution in [-0.4, -0.2) is 50.2 Å². The molecule has 21 heavy (non-hydrogen) atoms. The van der Waals surface area contributed by atoms with Gasteiger partial charge in [-0.2, -0.15) is 0 Å². The van der Waals surface area contributed by atoms with Crippen LogP contribution >= 0.6 is 0 Å². The third-order valence-corrected chi connectivity index (χ3v) is 4.43. The van der Waals surface area contributed by atoms with Gasteiger partial charge in [0.15, 0.2) is 0 Å². The average molecular weight is 291 g/mol. The largest absolute Gasteiger partial charge is 0.389 e. The molecule has 3 rings (SSSR count). The van der Waals surface area contributed by atoms with E-state index in [0.29, 0.717) is 19.8 Å². The number of β-amino-alcohol motifs (C(OH)–C–C–N with tert-alkyl or cyclic N) is 1. The Morgan fingerprint density at radius 2 is 2.38 bits per heavy atom. The minimum atomic E-state index is -0.446. The highest BCUT2D eigenvalue weighted by molar-refractivity contribution is 5.60. The van der Waals surface area contributed by atoms with Gasteiger partial charge >= 0.3 is 0 Å². The molecule has 0 spiro atoms. The summed E-state index contributed by atoms with van der Waals surface area (Å²) in [5.74, 6) is 0. The second-order valence-corrected chi connectivity index (χ2v) is 6.09. The summed E-state index contributed by atoms with van der Waals surface area (Å²) in [6.07, 6.45) is 3.06. The molecule has 0 aromatic heterocycles. The van der Waals surface area contributed by atoms with Crippen LogP contribution in [0, 0.1) is 6.92 Å². The number of aliphatic hydroxyl groups excluding tert-OH is 1. The topological polar surface area (TPSA) is 41.9 Å². The number of fused-ring (bicyclic) bond motifs is 1. The van der Waals surface area contributed by atoms with Crippen molar-refractivity contribution in [1.29, 1.82) is 0 Å². The normalized spacial score (nSPS) is 22.6. The Labute approximate surface area is 126 Å². The fourth-order valence-corrected chi connectivity index (χ4v) is 3.28. The van der Waals surface area contributed by atoms with E-state index in [4.69, 9.17) is 9.47 Å². The molecule has 2 aliphatic rings. The number of hydrogen-bond donors (Lipinski definition) is 1. The van der Waals surface area contributed by atoms with E-state index in [2.05, 4.69) is 30.0 Å². The molecule has 1 N–H and O–H groups in total. The Morgan fingerprint density at radius 3 is 3.19 bits per heavy atom. The van der Waals surface area contributed by atoms with Crippen molar-refractivity contribution in [3.05, 3.63) is 29.3 Å². The zero-order valence-corrected chi connectivity index (χ0v) is 12.8. The highest BCUT2D eigenvalue weighted by Gasteiger charge is 2.23. The molecule has 0 bridgehead atoms. The van der Waals surface area contributed by atoms with E-state index >= 15 is 0 Å². The minimum absolute atomic E-state index is 0.229. The molecular formula is C17H25NO3. The first-order chi connectivity index (χ1) is 10.2. The highest BCUT2D eigenvalue weighted by atomic mass is 16.5. The van der Waals surface area contributed by atoms with Crippen LogP contribution in [0.5, 0.6) is 0 Å². The number of benzene rings is 1. The van der Waals surface area contributed by atoms with Crippen molar-refractivity contribution in [2.75, 3.05) is 37.8 Å². The molecule has 0 aliphatic carbocycles. The molecule has 2 atom stereocenters. The van der Waals surface area contributed by atoms with E-state index < -0.39 is 6.10 Å².